The van der Waals surface area contributed by atoms with E-state index in [0.717, 1.165) is 0 Å². The van der Waals surface area contributed by atoms with Crippen LogP contribution in [0.1, 0.15) is 0 Å². The van der Waals surface area contributed by atoms with Gasteiger partial charge in [0, 0.05) is 6.54 Å². The van der Waals surface area contributed by atoms with Crippen molar-refractivity contribution in [2.24, 2.45) is 5.73 Å². The highest BCUT2D eigenvalue weighted by Gasteiger charge is 2.45. The second kappa shape index (κ2) is 2.89. The van der Waals surface area contributed by atoms with Gasteiger partial charge in [0.15, 0.2) is 0 Å². The van der Waals surface area contributed by atoms with E-state index in [1.807, 2.05) is 0 Å². The average Bonchev–Trinajstić information content (AvgIpc) is 1.86. The molecule has 0 fully saturated rings. The Morgan fingerprint density at radius 2 is 2.10 bits per heavy atom. The molecule has 4 nitrogen and oxygen atoms in total. The summed E-state index contributed by atoms with van der Waals surface area (Å²) in [5.41, 5.74) is 4.60. The summed E-state index contributed by atoms with van der Waals surface area (Å²) in [4.78, 5) is 9.66. The van der Waals surface area contributed by atoms with E-state index in [4.69, 9.17) is 10.2 Å². The first-order valence-electron chi connectivity index (χ1n) is 2.42. The van der Waals surface area contributed by atoms with Crippen LogP contribution >= 0.6 is 0 Å². The third kappa shape index (κ3) is 1.61. The zero-order valence-corrected chi connectivity index (χ0v) is 4.92. The topological polar surface area (TPSA) is 83.5 Å². The number of nitrogens with two attached hydrogens (primary N) is 1. The SMILES string of the molecule is NCC(O)C(F)(F)C(=O)O. The fraction of sp³-hybridized carbons (Fsp3) is 0.750. The maximum absolute atomic E-state index is 12.0. The van der Waals surface area contributed by atoms with Crippen molar-refractivity contribution < 1.29 is 23.8 Å². The number of hydrogen-bond donors (Lipinski definition) is 3. The molecule has 0 aromatic carbocycles. The van der Waals surface area contributed by atoms with Gasteiger partial charge in [-0.05, 0) is 0 Å². The van der Waals surface area contributed by atoms with Crippen LogP contribution in [-0.2, 0) is 4.79 Å². The van der Waals surface area contributed by atoms with Gasteiger partial charge >= 0.3 is 11.9 Å². The molecule has 0 spiro atoms. The third-order valence-corrected chi connectivity index (χ3v) is 0.927. The van der Waals surface area contributed by atoms with Crippen molar-refractivity contribution in [2.75, 3.05) is 6.54 Å². The standard InChI is InChI=1S/C4H7F2NO3/c5-4(6,3(9)10)2(8)1-7/h2,8H,1,7H2,(H,9,10). The van der Waals surface area contributed by atoms with E-state index < -0.39 is 24.5 Å². The van der Waals surface area contributed by atoms with E-state index in [9.17, 15) is 13.6 Å². The quantitative estimate of drug-likeness (QED) is 0.489. The Bertz CT molecular complexity index is 138. The third-order valence-electron chi connectivity index (χ3n) is 0.927. The molecule has 0 heterocycles. The first-order chi connectivity index (χ1) is 4.42. The Kier molecular flexibility index (Phi) is 2.67. The molecule has 0 rings (SSSR count). The van der Waals surface area contributed by atoms with Crippen molar-refractivity contribution in [1.29, 1.82) is 0 Å². The molecule has 0 saturated carbocycles. The van der Waals surface area contributed by atoms with Crippen LogP contribution in [0.3, 0.4) is 0 Å². The van der Waals surface area contributed by atoms with Crippen LogP contribution in [0.5, 0.6) is 0 Å². The van der Waals surface area contributed by atoms with Gasteiger partial charge in [-0.15, -0.1) is 0 Å². The minimum absolute atomic E-state index is 0.778. The fourth-order valence-electron chi connectivity index (χ4n) is 0.291. The summed E-state index contributed by atoms with van der Waals surface area (Å²) in [6, 6.07) is 0. The number of aliphatic hydroxyl groups is 1. The molecule has 1 atom stereocenters. The Hall–Kier alpha value is -0.750. The number of carboxylic acid groups (broad SMARTS) is 1. The molecule has 0 saturated heterocycles. The highest BCUT2D eigenvalue weighted by Crippen LogP contribution is 2.17. The number of halogens is 2. The Morgan fingerprint density at radius 3 is 2.20 bits per heavy atom. The number of carbonyl (C=O) groups is 1. The van der Waals surface area contributed by atoms with E-state index in [2.05, 4.69) is 5.73 Å². The summed E-state index contributed by atoms with van der Waals surface area (Å²) in [5.74, 6) is -6.51. The zero-order valence-electron chi connectivity index (χ0n) is 4.92. The van der Waals surface area contributed by atoms with Gasteiger partial charge in [-0.25, -0.2) is 4.79 Å². The number of hydrogen-bond acceptors (Lipinski definition) is 3. The Morgan fingerprint density at radius 1 is 1.70 bits per heavy atom. The van der Waals surface area contributed by atoms with Crippen LogP contribution in [-0.4, -0.2) is 34.8 Å². The van der Waals surface area contributed by atoms with Crippen molar-refractivity contribution in [1.82, 2.24) is 0 Å². The van der Waals surface area contributed by atoms with Crippen molar-refractivity contribution in [3.8, 4) is 0 Å². The monoisotopic (exact) mass is 155 g/mol. The lowest BCUT2D eigenvalue weighted by Crippen LogP contribution is -2.45. The molecule has 0 aromatic heterocycles. The smallest absolute Gasteiger partial charge is 0.377 e. The second-order valence-electron chi connectivity index (χ2n) is 1.68. The Labute approximate surface area is 55.3 Å². The van der Waals surface area contributed by atoms with Gasteiger partial charge in [0.25, 0.3) is 0 Å². The molecule has 0 amide bonds. The summed E-state index contributed by atoms with van der Waals surface area (Å²) in [6.45, 7) is -0.778. The highest BCUT2D eigenvalue weighted by molar-refractivity contribution is 5.76. The molecule has 4 N–H and O–H groups in total. The molecule has 6 heteroatoms. The minimum atomic E-state index is -4.14. The molecule has 0 aromatic rings. The lowest BCUT2D eigenvalue weighted by Gasteiger charge is -2.15. The normalized spacial score (nSPS) is 14.8. The lowest BCUT2D eigenvalue weighted by atomic mass is 10.2. The van der Waals surface area contributed by atoms with Crippen LogP contribution in [0.25, 0.3) is 0 Å². The first kappa shape index (κ1) is 9.25. The summed E-state index contributed by atoms with van der Waals surface area (Å²) in [6.07, 6.45) is -2.31. The van der Waals surface area contributed by atoms with Gasteiger partial charge in [0.05, 0.1) is 0 Å². The van der Waals surface area contributed by atoms with Gasteiger partial charge in [0.1, 0.15) is 6.10 Å². The summed E-state index contributed by atoms with van der Waals surface area (Å²) in [5, 5.41) is 16.1. The molecule has 0 aliphatic heterocycles. The second-order valence-corrected chi connectivity index (χ2v) is 1.68. The van der Waals surface area contributed by atoms with Gasteiger partial charge < -0.3 is 15.9 Å². The number of aliphatic carboxylic acids is 1. The molecule has 0 aliphatic rings. The molecule has 1 unspecified atom stereocenters. The van der Waals surface area contributed by atoms with Crippen LogP contribution in [0, 0.1) is 0 Å². The van der Waals surface area contributed by atoms with E-state index in [1.54, 1.807) is 0 Å². The highest BCUT2D eigenvalue weighted by atomic mass is 19.3. The van der Waals surface area contributed by atoms with Gasteiger partial charge in [-0.2, -0.15) is 8.78 Å². The number of carboxylic acids is 1. The number of rotatable bonds is 3. The maximum atomic E-state index is 12.0. The van der Waals surface area contributed by atoms with E-state index in [-0.39, 0.29) is 0 Å². The largest absolute Gasteiger partial charge is 0.477 e. The predicted octanol–water partition coefficient (Wildman–Crippen LogP) is -0.974. The van der Waals surface area contributed by atoms with Gasteiger partial charge in [-0.1, -0.05) is 0 Å². The van der Waals surface area contributed by atoms with E-state index in [1.165, 1.54) is 0 Å². The van der Waals surface area contributed by atoms with Crippen molar-refractivity contribution >= 4 is 5.97 Å². The summed E-state index contributed by atoms with van der Waals surface area (Å²) >= 11 is 0. The molecule has 60 valence electrons. The molecule has 0 aliphatic carbocycles. The minimum Gasteiger partial charge on any atom is -0.477 e. The molecule has 0 radical (unpaired) electrons. The van der Waals surface area contributed by atoms with E-state index >= 15 is 0 Å². The maximum Gasteiger partial charge on any atom is 0.377 e. The zero-order chi connectivity index (χ0) is 8.36. The van der Waals surface area contributed by atoms with Crippen molar-refractivity contribution in [3.05, 3.63) is 0 Å². The predicted molar refractivity (Wildman–Crippen MR) is 27.6 cm³/mol. The van der Waals surface area contributed by atoms with Gasteiger partial charge in [0.2, 0.25) is 0 Å². The van der Waals surface area contributed by atoms with E-state index in [0.29, 0.717) is 0 Å². The summed E-state index contributed by atoms with van der Waals surface area (Å²) < 4.78 is 24.0. The average molecular weight is 155 g/mol. The van der Waals surface area contributed by atoms with Crippen molar-refractivity contribution in [3.63, 3.8) is 0 Å². The molecular weight excluding hydrogens is 148 g/mol. The summed E-state index contributed by atoms with van der Waals surface area (Å²) in [7, 11) is 0. The number of aliphatic hydroxyl groups excluding tert-OH is 1. The molecular formula is C4H7F2NO3. The van der Waals surface area contributed by atoms with Crippen LogP contribution in [0.4, 0.5) is 8.78 Å². The molecule has 10 heavy (non-hydrogen) atoms. The fourth-order valence-corrected chi connectivity index (χ4v) is 0.291. The first-order valence-corrected chi connectivity index (χ1v) is 2.42. The molecule has 0 bridgehead atoms. The number of alkyl halides is 2. The van der Waals surface area contributed by atoms with Crippen LogP contribution < -0.4 is 5.73 Å². The Balaban J connectivity index is 4.23. The van der Waals surface area contributed by atoms with Crippen LogP contribution in [0.2, 0.25) is 0 Å². The van der Waals surface area contributed by atoms with Crippen molar-refractivity contribution in [2.45, 2.75) is 12.0 Å². The van der Waals surface area contributed by atoms with Gasteiger partial charge in [-0.3, -0.25) is 0 Å². The van der Waals surface area contributed by atoms with Crippen LogP contribution in [0.15, 0.2) is 0 Å². The lowest BCUT2D eigenvalue weighted by molar-refractivity contribution is -0.180.